The molecule has 5 rings (SSSR count). The second kappa shape index (κ2) is 7.09. The summed E-state index contributed by atoms with van der Waals surface area (Å²) in [5, 5.41) is 2.09. The van der Waals surface area contributed by atoms with Crippen molar-refractivity contribution in [3.8, 4) is 17.2 Å². The number of hydrogen-bond donors (Lipinski definition) is 0. The molecule has 0 aromatic heterocycles. The number of methoxy groups -OCH3 is 1. The van der Waals surface area contributed by atoms with Crippen molar-refractivity contribution in [3.05, 3.63) is 65.1 Å². The number of amides is 1. The molecule has 1 fully saturated rings. The van der Waals surface area contributed by atoms with Crippen molar-refractivity contribution in [1.29, 1.82) is 0 Å². The Bertz CT molecular complexity index is 1200. The summed E-state index contributed by atoms with van der Waals surface area (Å²) >= 11 is 6.78. The molecule has 0 bridgehead atoms. The summed E-state index contributed by atoms with van der Waals surface area (Å²) in [4.78, 5) is 15.3. The number of nitrogens with zero attached hydrogens (tertiary/aromatic N) is 1. The number of benzene rings is 3. The second-order valence-corrected chi connectivity index (χ2v) is 8.13. The highest BCUT2D eigenvalue weighted by molar-refractivity contribution is 8.27. The molecule has 2 heterocycles. The Morgan fingerprint density at radius 3 is 2.79 bits per heavy atom. The Hall–Kier alpha value is -3.03. The maximum absolute atomic E-state index is 13.2. The van der Waals surface area contributed by atoms with E-state index in [2.05, 4.69) is 0 Å². The first-order chi connectivity index (χ1) is 14.2. The highest BCUT2D eigenvalue weighted by atomic mass is 32.2. The first-order valence-corrected chi connectivity index (χ1v) is 10.1. The van der Waals surface area contributed by atoms with Crippen molar-refractivity contribution in [2.45, 2.75) is 0 Å². The lowest BCUT2D eigenvalue weighted by Gasteiger charge is -2.15. The van der Waals surface area contributed by atoms with E-state index in [1.54, 1.807) is 25.3 Å². The van der Waals surface area contributed by atoms with Crippen LogP contribution in [0.2, 0.25) is 0 Å². The fourth-order valence-electron chi connectivity index (χ4n) is 3.45. The van der Waals surface area contributed by atoms with E-state index in [9.17, 15) is 4.79 Å². The van der Waals surface area contributed by atoms with Crippen molar-refractivity contribution in [2.24, 2.45) is 0 Å². The van der Waals surface area contributed by atoms with Gasteiger partial charge in [-0.25, -0.2) is 0 Å². The third-order valence-electron chi connectivity index (χ3n) is 4.83. The Labute approximate surface area is 176 Å². The van der Waals surface area contributed by atoms with Gasteiger partial charge in [-0.2, -0.15) is 0 Å². The molecule has 1 amide bonds. The monoisotopic (exact) mass is 421 g/mol. The minimum atomic E-state index is -0.172. The molecule has 2 aliphatic rings. The molecule has 3 aromatic rings. The van der Waals surface area contributed by atoms with Gasteiger partial charge in [0.1, 0.15) is 5.75 Å². The molecule has 29 heavy (non-hydrogen) atoms. The number of hydrogen-bond acceptors (Lipinski definition) is 6. The molecule has 0 atom stereocenters. The third kappa shape index (κ3) is 3.03. The van der Waals surface area contributed by atoms with Gasteiger partial charge in [0.15, 0.2) is 15.8 Å². The molecule has 0 unspecified atom stereocenters. The van der Waals surface area contributed by atoms with Crippen LogP contribution in [0.25, 0.3) is 16.8 Å². The summed E-state index contributed by atoms with van der Waals surface area (Å²) in [6.07, 6.45) is 1.85. The molecule has 1 saturated heterocycles. The van der Waals surface area contributed by atoms with Crippen LogP contribution in [0.4, 0.5) is 5.69 Å². The lowest BCUT2D eigenvalue weighted by atomic mass is 10.0. The summed E-state index contributed by atoms with van der Waals surface area (Å²) in [5.74, 6) is 1.80. The van der Waals surface area contributed by atoms with E-state index in [4.69, 9.17) is 26.4 Å². The van der Waals surface area contributed by atoms with Gasteiger partial charge in [-0.05, 0) is 35.0 Å². The van der Waals surface area contributed by atoms with Gasteiger partial charge in [-0.3, -0.25) is 9.69 Å². The average molecular weight is 421 g/mol. The van der Waals surface area contributed by atoms with Gasteiger partial charge in [0.05, 0.1) is 17.7 Å². The van der Waals surface area contributed by atoms with Crippen LogP contribution in [-0.4, -0.2) is 24.1 Å². The molecule has 7 heteroatoms. The minimum Gasteiger partial charge on any atom is -0.496 e. The van der Waals surface area contributed by atoms with Gasteiger partial charge >= 0.3 is 0 Å². The van der Waals surface area contributed by atoms with E-state index in [1.807, 2.05) is 42.5 Å². The molecule has 0 spiro atoms. The Morgan fingerprint density at radius 2 is 1.93 bits per heavy atom. The quantitative estimate of drug-likeness (QED) is 0.439. The number of carbonyl (C=O) groups excluding carboxylic acids is 1. The summed E-state index contributed by atoms with van der Waals surface area (Å²) in [6, 6.07) is 17.3. The molecule has 3 aromatic carbocycles. The number of carbonyl (C=O) groups is 1. The van der Waals surface area contributed by atoms with E-state index >= 15 is 0 Å². The molecule has 5 nitrogen and oxygen atoms in total. The average Bonchev–Trinajstić information content (AvgIpc) is 3.31. The number of thioether (sulfide) groups is 1. The van der Waals surface area contributed by atoms with Crippen LogP contribution in [0.1, 0.15) is 5.56 Å². The smallest absolute Gasteiger partial charge is 0.270 e. The zero-order chi connectivity index (χ0) is 20.0. The molecular formula is C22H15NO4S2. The van der Waals surface area contributed by atoms with Gasteiger partial charge < -0.3 is 14.2 Å². The molecule has 0 saturated carbocycles. The lowest BCUT2D eigenvalue weighted by molar-refractivity contribution is -0.113. The molecule has 0 N–H and O–H groups in total. The number of ether oxygens (including phenoxy) is 3. The zero-order valence-electron chi connectivity index (χ0n) is 15.4. The number of anilines is 1. The van der Waals surface area contributed by atoms with Crippen molar-refractivity contribution in [1.82, 2.24) is 0 Å². The Morgan fingerprint density at radius 1 is 1.10 bits per heavy atom. The van der Waals surface area contributed by atoms with Crippen LogP contribution >= 0.6 is 24.0 Å². The first kappa shape index (κ1) is 18.0. The normalized spacial score (nSPS) is 16.9. The van der Waals surface area contributed by atoms with E-state index in [-0.39, 0.29) is 12.7 Å². The second-order valence-electron chi connectivity index (χ2n) is 6.46. The van der Waals surface area contributed by atoms with Gasteiger partial charge in [-0.1, -0.05) is 54.3 Å². The van der Waals surface area contributed by atoms with Gasteiger partial charge in [0.2, 0.25) is 6.79 Å². The Kier molecular flexibility index (Phi) is 4.41. The van der Waals surface area contributed by atoms with Crippen molar-refractivity contribution in [3.63, 3.8) is 0 Å². The standard InChI is InChI=1S/C22H15NO4S2/c1-25-17-8-6-13-4-2-3-5-15(13)16(17)11-20-21(24)23(22(28)29-20)14-7-9-18-19(10-14)27-12-26-18/h2-11H,12H2,1H3/b20-11+. The van der Waals surface area contributed by atoms with Crippen LogP contribution in [0, 0.1) is 0 Å². The van der Waals surface area contributed by atoms with Gasteiger partial charge in [-0.15, -0.1) is 0 Å². The number of thiocarbonyl (C=S) groups is 1. The topological polar surface area (TPSA) is 48.0 Å². The van der Waals surface area contributed by atoms with E-state index in [0.29, 0.717) is 32.2 Å². The predicted molar refractivity (Wildman–Crippen MR) is 119 cm³/mol. The number of rotatable bonds is 3. The fourth-order valence-corrected chi connectivity index (χ4v) is 4.73. The highest BCUT2D eigenvalue weighted by Gasteiger charge is 2.34. The minimum absolute atomic E-state index is 0.172. The van der Waals surface area contributed by atoms with E-state index in [0.717, 1.165) is 16.3 Å². The van der Waals surface area contributed by atoms with Crippen LogP contribution in [0.3, 0.4) is 0 Å². The van der Waals surface area contributed by atoms with Crippen molar-refractivity contribution >= 4 is 56.7 Å². The molecule has 0 radical (unpaired) electrons. The SMILES string of the molecule is COc1ccc2ccccc2c1/C=C1/SC(=S)N(c2ccc3c(c2)OCO3)C1=O. The molecule has 2 aliphatic heterocycles. The molecular weight excluding hydrogens is 406 g/mol. The maximum Gasteiger partial charge on any atom is 0.270 e. The van der Waals surface area contributed by atoms with Crippen LogP contribution in [0.5, 0.6) is 17.2 Å². The number of fused-ring (bicyclic) bond motifs is 2. The van der Waals surface area contributed by atoms with Crippen molar-refractivity contribution < 1.29 is 19.0 Å². The fraction of sp³-hybridized carbons (Fsp3) is 0.0909. The summed E-state index contributed by atoms with van der Waals surface area (Å²) < 4.78 is 16.8. The van der Waals surface area contributed by atoms with Crippen LogP contribution in [-0.2, 0) is 4.79 Å². The van der Waals surface area contributed by atoms with Crippen molar-refractivity contribution in [2.75, 3.05) is 18.8 Å². The zero-order valence-corrected chi connectivity index (χ0v) is 17.0. The lowest BCUT2D eigenvalue weighted by Crippen LogP contribution is -2.27. The highest BCUT2D eigenvalue weighted by Crippen LogP contribution is 2.42. The van der Waals surface area contributed by atoms with Gasteiger partial charge in [0.25, 0.3) is 5.91 Å². The summed E-state index contributed by atoms with van der Waals surface area (Å²) in [7, 11) is 1.62. The van der Waals surface area contributed by atoms with E-state index < -0.39 is 0 Å². The third-order valence-corrected chi connectivity index (χ3v) is 6.14. The van der Waals surface area contributed by atoms with Crippen LogP contribution < -0.4 is 19.1 Å². The maximum atomic E-state index is 13.2. The van der Waals surface area contributed by atoms with E-state index in [1.165, 1.54) is 16.7 Å². The molecule has 144 valence electrons. The first-order valence-electron chi connectivity index (χ1n) is 8.89. The molecule has 0 aliphatic carbocycles. The Balaban J connectivity index is 1.57. The summed E-state index contributed by atoms with van der Waals surface area (Å²) in [6.45, 7) is 0.179. The summed E-state index contributed by atoms with van der Waals surface area (Å²) in [5.41, 5.74) is 1.52. The van der Waals surface area contributed by atoms with Crippen LogP contribution in [0.15, 0.2) is 59.5 Å². The predicted octanol–water partition coefficient (Wildman–Crippen LogP) is 4.98. The van der Waals surface area contributed by atoms with Gasteiger partial charge in [0, 0.05) is 11.6 Å². The largest absolute Gasteiger partial charge is 0.496 e.